The Morgan fingerprint density at radius 2 is 1.90 bits per heavy atom. The second kappa shape index (κ2) is 8.86. The van der Waals surface area contributed by atoms with Gasteiger partial charge in [-0.2, -0.15) is 0 Å². The van der Waals surface area contributed by atoms with E-state index >= 15 is 0 Å². The molecule has 29 heavy (non-hydrogen) atoms. The SMILES string of the molecule is Cc1ccc(CC(=O)NCC2CCC(c3nnc(-c4scnc4C)o3)CC2)cc1. The highest BCUT2D eigenvalue weighted by Gasteiger charge is 2.27. The highest BCUT2D eigenvalue weighted by Crippen LogP contribution is 2.36. The Morgan fingerprint density at radius 3 is 2.59 bits per heavy atom. The Kier molecular flexibility index (Phi) is 6.04. The fraction of sp³-hybridized carbons (Fsp3) is 0.455. The van der Waals surface area contributed by atoms with Crippen LogP contribution in [-0.2, 0) is 11.2 Å². The number of amides is 1. The van der Waals surface area contributed by atoms with Gasteiger partial charge >= 0.3 is 0 Å². The highest BCUT2D eigenvalue weighted by molar-refractivity contribution is 7.13. The molecule has 0 saturated heterocycles. The average molecular weight is 411 g/mol. The third-order valence-electron chi connectivity index (χ3n) is 5.65. The van der Waals surface area contributed by atoms with E-state index in [1.54, 1.807) is 5.51 Å². The number of aromatic nitrogens is 3. The van der Waals surface area contributed by atoms with E-state index in [1.807, 2.05) is 31.2 Å². The normalized spacial score (nSPS) is 19.2. The van der Waals surface area contributed by atoms with Crippen LogP contribution in [-0.4, -0.2) is 27.6 Å². The minimum atomic E-state index is 0.0949. The predicted molar refractivity (Wildman–Crippen MR) is 113 cm³/mol. The molecule has 1 fully saturated rings. The Hall–Kier alpha value is -2.54. The second-order valence-corrected chi connectivity index (χ2v) is 8.75. The van der Waals surface area contributed by atoms with Gasteiger partial charge < -0.3 is 9.73 Å². The van der Waals surface area contributed by atoms with E-state index in [0.29, 0.717) is 24.1 Å². The number of thiazole rings is 1. The Morgan fingerprint density at radius 1 is 1.14 bits per heavy atom. The zero-order chi connectivity index (χ0) is 20.2. The lowest BCUT2D eigenvalue weighted by Crippen LogP contribution is -2.32. The van der Waals surface area contributed by atoms with Crippen LogP contribution in [0.5, 0.6) is 0 Å². The first-order valence-electron chi connectivity index (χ1n) is 10.1. The van der Waals surface area contributed by atoms with E-state index < -0.39 is 0 Å². The summed E-state index contributed by atoms with van der Waals surface area (Å²) in [4.78, 5) is 17.4. The predicted octanol–water partition coefficient (Wildman–Crippen LogP) is 4.44. The zero-order valence-electron chi connectivity index (χ0n) is 16.9. The molecule has 2 heterocycles. The molecule has 0 unspecified atom stereocenters. The van der Waals surface area contributed by atoms with Crippen molar-refractivity contribution >= 4 is 17.2 Å². The summed E-state index contributed by atoms with van der Waals surface area (Å²) >= 11 is 1.53. The summed E-state index contributed by atoms with van der Waals surface area (Å²) in [7, 11) is 0. The van der Waals surface area contributed by atoms with Crippen molar-refractivity contribution in [3.63, 3.8) is 0 Å². The molecule has 7 heteroatoms. The summed E-state index contributed by atoms with van der Waals surface area (Å²) in [5, 5.41) is 11.6. The zero-order valence-corrected chi connectivity index (χ0v) is 17.7. The first-order valence-corrected chi connectivity index (χ1v) is 11.0. The van der Waals surface area contributed by atoms with Crippen molar-refractivity contribution < 1.29 is 9.21 Å². The minimum absolute atomic E-state index is 0.0949. The van der Waals surface area contributed by atoms with Crippen LogP contribution < -0.4 is 5.32 Å². The number of nitrogens with one attached hydrogen (secondary N) is 1. The Bertz CT molecular complexity index is 955. The summed E-state index contributed by atoms with van der Waals surface area (Å²) < 4.78 is 5.93. The van der Waals surface area contributed by atoms with Gasteiger partial charge in [-0.3, -0.25) is 4.79 Å². The number of aryl methyl sites for hydroxylation is 2. The summed E-state index contributed by atoms with van der Waals surface area (Å²) in [5.41, 5.74) is 4.99. The van der Waals surface area contributed by atoms with Crippen molar-refractivity contribution in [2.75, 3.05) is 6.54 Å². The van der Waals surface area contributed by atoms with E-state index in [-0.39, 0.29) is 5.91 Å². The van der Waals surface area contributed by atoms with Gasteiger partial charge in [0.25, 0.3) is 5.89 Å². The molecule has 1 saturated carbocycles. The molecule has 1 amide bonds. The van der Waals surface area contributed by atoms with Crippen LogP contribution in [0.2, 0.25) is 0 Å². The molecule has 0 atom stereocenters. The Balaban J connectivity index is 1.23. The van der Waals surface area contributed by atoms with E-state index in [4.69, 9.17) is 4.42 Å². The molecule has 6 nitrogen and oxygen atoms in total. The van der Waals surface area contributed by atoms with Crippen LogP contribution in [0.4, 0.5) is 0 Å². The van der Waals surface area contributed by atoms with Crippen molar-refractivity contribution in [2.24, 2.45) is 5.92 Å². The number of hydrogen-bond acceptors (Lipinski definition) is 6. The maximum Gasteiger partial charge on any atom is 0.259 e. The molecule has 0 radical (unpaired) electrons. The molecule has 3 aromatic rings. The Labute approximate surface area is 174 Å². The van der Waals surface area contributed by atoms with Crippen LogP contribution in [0.25, 0.3) is 10.8 Å². The third-order valence-corrected chi connectivity index (χ3v) is 6.57. The number of nitrogens with zero attached hydrogens (tertiary/aromatic N) is 3. The third kappa shape index (κ3) is 4.90. The van der Waals surface area contributed by atoms with Crippen molar-refractivity contribution in [2.45, 2.75) is 51.9 Å². The van der Waals surface area contributed by atoms with Gasteiger partial charge in [-0.1, -0.05) is 29.8 Å². The molecular weight excluding hydrogens is 384 g/mol. The van der Waals surface area contributed by atoms with E-state index in [0.717, 1.165) is 54.3 Å². The number of benzene rings is 1. The topological polar surface area (TPSA) is 80.9 Å². The van der Waals surface area contributed by atoms with Crippen LogP contribution in [0.15, 0.2) is 34.2 Å². The molecule has 0 aliphatic heterocycles. The maximum atomic E-state index is 12.2. The van der Waals surface area contributed by atoms with Crippen LogP contribution in [0.1, 0.15) is 54.3 Å². The van der Waals surface area contributed by atoms with Crippen molar-refractivity contribution in [3.8, 4) is 10.8 Å². The van der Waals surface area contributed by atoms with Gasteiger partial charge in [0.1, 0.15) is 4.88 Å². The second-order valence-electron chi connectivity index (χ2n) is 7.90. The molecule has 2 aromatic heterocycles. The van der Waals surface area contributed by atoms with E-state index in [1.165, 1.54) is 16.9 Å². The van der Waals surface area contributed by atoms with Crippen LogP contribution in [0.3, 0.4) is 0 Å². The fourth-order valence-corrected chi connectivity index (χ4v) is 4.55. The molecule has 0 bridgehead atoms. The quantitative estimate of drug-likeness (QED) is 0.650. The number of rotatable bonds is 6. The highest BCUT2D eigenvalue weighted by atomic mass is 32.1. The minimum Gasteiger partial charge on any atom is -0.420 e. The van der Waals surface area contributed by atoms with Gasteiger partial charge in [-0.05, 0) is 51.0 Å². The van der Waals surface area contributed by atoms with Gasteiger partial charge in [0.2, 0.25) is 11.8 Å². The molecule has 1 aliphatic rings. The van der Waals surface area contributed by atoms with Gasteiger partial charge in [-0.25, -0.2) is 4.98 Å². The van der Waals surface area contributed by atoms with E-state index in [2.05, 4.69) is 27.4 Å². The standard InChI is InChI=1S/C22H26N4O2S/c1-14-3-5-16(6-4-14)11-19(27)23-12-17-7-9-18(10-8-17)21-25-26-22(28-21)20-15(2)24-13-29-20/h3-6,13,17-18H,7-12H2,1-2H3,(H,23,27). The molecule has 152 valence electrons. The molecule has 1 aliphatic carbocycles. The monoisotopic (exact) mass is 410 g/mol. The largest absolute Gasteiger partial charge is 0.420 e. The molecule has 1 aromatic carbocycles. The van der Waals surface area contributed by atoms with Crippen molar-refractivity contribution in [1.29, 1.82) is 0 Å². The molecule has 1 N–H and O–H groups in total. The first kappa shape index (κ1) is 19.8. The number of hydrogen-bond donors (Lipinski definition) is 1. The number of carbonyl (C=O) groups is 1. The average Bonchev–Trinajstić information content (AvgIpc) is 3.37. The maximum absolute atomic E-state index is 12.2. The van der Waals surface area contributed by atoms with Crippen LogP contribution >= 0.6 is 11.3 Å². The van der Waals surface area contributed by atoms with Gasteiger partial charge in [0, 0.05) is 12.5 Å². The van der Waals surface area contributed by atoms with Gasteiger partial charge in [0.05, 0.1) is 17.6 Å². The first-order chi connectivity index (χ1) is 14.1. The van der Waals surface area contributed by atoms with Crippen LogP contribution in [0, 0.1) is 19.8 Å². The summed E-state index contributed by atoms with van der Waals surface area (Å²) in [6.07, 6.45) is 4.60. The van der Waals surface area contributed by atoms with Gasteiger partial charge in [0.15, 0.2) is 0 Å². The smallest absolute Gasteiger partial charge is 0.259 e. The summed E-state index contributed by atoms with van der Waals surface area (Å²) in [6.45, 7) is 4.75. The number of carbonyl (C=O) groups excluding carboxylic acids is 1. The lowest BCUT2D eigenvalue weighted by Gasteiger charge is -2.26. The lowest BCUT2D eigenvalue weighted by molar-refractivity contribution is -0.120. The van der Waals surface area contributed by atoms with Crippen molar-refractivity contribution in [1.82, 2.24) is 20.5 Å². The summed E-state index contributed by atoms with van der Waals surface area (Å²) in [5.74, 6) is 2.22. The van der Waals surface area contributed by atoms with Crippen molar-refractivity contribution in [3.05, 3.63) is 52.5 Å². The fourth-order valence-electron chi connectivity index (χ4n) is 3.82. The summed E-state index contributed by atoms with van der Waals surface area (Å²) in [6, 6.07) is 8.13. The molecule has 4 rings (SSSR count). The molecule has 0 spiro atoms. The van der Waals surface area contributed by atoms with E-state index in [9.17, 15) is 4.79 Å². The lowest BCUT2D eigenvalue weighted by atomic mass is 9.82. The van der Waals surface area contributed by atoms with Gasteiger partial charge in [-0.15, -0.1) is 21.5 Å². The molecular formula is C22H26N4O2S.